The minimum absolute atomic E-state index is 0.00760. The van der Waals surface area contributed by atoms with Crippen LogP contribution in [-0.4, -0.2) is 44.2 Å². The molecule has 0 aromatic heterocycles. The molecule has 148 valence electrons. The SMILES string of the molecule is CCOC(=O)C1(C(=O)OCC)C[C@@H]2CCO[C@@H]2O[C@@H]1CCc1ccccc1. The maximum Gasteiger partial charge on any atom is 0.326 e. The second kappa shape index (κ2) is 8.85. The molecule has 2 aliphatic rings. The highest BCUT2D eigenvalue weighted by Gasteiger charge is 2.61. The Morgan fingerprint density at radius 1 is 1.11 bits per heavy atom. The summed E-state index contributed by atoms with van der Waals surface area (Å²) in [4.78, 5) is 26.0. The average Bonchev–Trinajstić information content (AvgIpc) is 3.13. The highest BCUT2D eigenvalue weighted by atomic mass is 16.7. The quantitative estimate of drug-likeness (QED) is 0.538. The lowest BCUT2D eigenvalue weighted by Gasteiger charge is -2.44. The van der Waals surface area contributed by atoms with E-state index in [9.17, 15) is 9.59 Å². The Kier molecular flexibility index (Phi) is 6.50. The first-order valence-electron chi connectivity index (χ1n) is 9.77. The zero-order chi connectivity index (χ0) is 19.3. The third-order valence-corrected chi connectivity index (χ3v) is 5.41. The molecule has 0 N–H and O–H groups in total. The summed E-state index contributed by atoms with van der Waals surface area (Å²) in [6.07, 6.45) is 1.28. The molecule has 0 aliphatic carbocycles. The van der Waals surface area contributed by atoms with Crippen LogP contribution in [0, 0.1) is 11.3 Å². The predicted molar refractivity (Wildman–Crippen MR) is 97.8 cm³/mol. The van der Waals surface area contributed by atoms with Crippen molar-refractivity contribution in [3.8, 4) is 0 Å². The Morgan fingerprint density at radius 2 is 1.78 bits per heavy atom. The van der Waals surface area contributed by atoms with Crippen LogP contribution < -0.4 is 0 Å². The molecule has 0 bridgehead atoms. The van der Waals surface area contributed by atoms with E-state index in [4.69, 9.17) is 18.9 Å². The second-order valence-corrected chi connectivity index (χ2v) is 7.05. The van der Waals surface area contributed by atoms with Gasteiger partial charge in [-0.05, 0) is 45.1 Å². The van der Waals surface area contributed by atoms with Crippen LogP contribution >= 0.6 is 0 Å². The number of aryl methyl sites for hydroxylation is 1. The number of esters is 2. The molecule has 0 spiro atoms. The van der Waals surface area contributed by atoms with Gasteiger partial charge in [-0.1, -0.05) is 30.3 Å². The van der Waals surface area contributed by atoms with E-state index < -0.39 is 23.5 Å². The van der Waals surface area contributed by atoms with Crippen LogP contribution in [-0.2, 0) is 35.0 Å². The van der Waals surface area contributed by atoms with E-state index >= 15 is 0 Å². The summed E-state index contributed by atoms with van der Waals surface area (Å²) >= 11 is 0. The van der Waals surface area contributed by atoms with Crippen LogP contribution in [0.4, 0.5) is 0 Å². The maximum atomic E-state index is 13.0. The lowest BCUT2D eigenvalue weighted by molar-refractivity contribution is -0.241. The van der Waals surface area contributed by atoms with Gasteiger partial charge in [0.15, 0.2) is 11.7 Å². The minimum Gasteiger partial charge on any atom is -0.465 e. The van der Waals surface area contributed by atoms with E-state index in [-0.39, 0.29) is 25.4 Å². The van der Waals surface area contributed by atoms with E-state index in [1.807, 2.05) is 30.3 Å². The molecule has 0 radical (unpaired) electrons. The lowest BCUT2D eigenvalue weighted by atomic mass is 9.70. The highest BCUT2D eigenvalue weighted by molar-refractivity contribution is 6.01. The summed E-state index contributed by atoms with van der Waals surface area (Å²) in [7, 11) is 0. The maximum absolute atomic E-state index is 13.0. The molecule has 2 saturated heterocycles. The smallest absolute Gasteiger partial charge is 0.326 e. The normalized spacial score (nSPS) is 26.2. The monoisotopic (exact) mass is 376 g/mol. The Morgan fingerprint density at radius 3 is 2.41 bits per heavy atom. The van der Waals surface area contributed by atoms with Gasteiger partial charge >= 0.3 is 11.9 Å². The van der Waals surface area contributed by atoms with Crippen molar-refractivity contribution >= 4 is 11.9 Å². The third kappa shape index (κ3) is 4.01. The van der Waals surface area contributed by atoms with E-state index in [2.05, 4.69) is 0 Å². The predicted octanol–water partition coefficient (Wildman–Crippen LogP) is 2.88. The van der Waals surface area contributed by atoms with Gasteiger partial charge in [0, 0.05) is 5.92 Å². The van der Waals surface area contributed by atoms with Crippen molar-refractivity contribution in [1.82, 2.24) is 0 Å². The van der Waals surface area contributed by atoms with Crippen molar-refractivity contribution in [1.29, 1.82) is 0 Å². The van der Waals surface area contributed by atoms with Gasteiger partial charge in [-0.2, -0.15) is 0 Å². The summed E-state index contributed by atoms with van der Waals surface area (Å²) in [5, 5.41) is 0. The number of hydrogen-bond acceptors (Lipinski definition) is 6. The Hall–Kier alpha value is -1.92. The van der Waals surface area contributed by atoms with Crippen molar-refractivity contribution < 1.29 is 28.5 Å². The van der Waals surface area contributed by atoms with Crippen LogP contribution in [0.5, 0.6) is 0 Å². The zero-order valence-electron chi connectivity index (χ0n) is 16.0. The summed E-state index contributed by atoms with van der Waals surface area (Å²) in [5.74, 6) is -1.11. The van der Waals surface area contributed by atoms with E-state index in [1.54, 1.807) is 13.8 Å². The van der Waals surface area contributed by atoms with Gasteiger partial charge in [0.2, 0.25) is 0 Å². The summed E-state index contributed by atoms with van der Waals surface area (Å²) < 4.78 is 22.5. The van der Waals surface area contributed by atoms with Crippen LogP contribution in [0.1, 0.15) is 38.7 Å². The molecule has 1 aromatic carbocycles. The molecule has 0 unspecified atom stereocenters. The van der Waals surface area contributed by atoms with Crippen molar-refractivity contribution in [2.75, 3.05) is 19.8 Å². The zero-order valence-corrected chi connectivity index (χ0v) is 16.0. The molecule has 6 nitrogen and oxygen atoms in total. The van der Waals surface area contributed by atoms with Gasteiger partial charge in [-0.15, -0.1) is 0 Å². The van der Waals surface area contributed by atoms with Crippen molar-refractivity contribution in [3.05, 3.63) is 35.9 Å². The Bertz CT molecular complexity index is 625. The van der Waals surface area contributed by atoms with Gasteiger partial charge in [-0.25, -0.2) is 0 Å². The second-order valence-electron chi connectivity index (χ2n) is 7.05. The van der Waals surface area contributed by atoms with Crippen LogP contribution in [0.25, 0.3) is 0 Å². The first kappa shape index (κ1) is 19.8. The largest absolute Gasteiger partial charge is 0.465 e. The number of ether oxygens (including phenoxy) is 4. The third-order valence-electron chi connectivity index (χ3n) is 5.41. The average molecular weight is 376 g/mol. The molecule has 3 rings (SSSR count). The number of fused-ring (bicyclic) bond motifs is 1. The molecular formula is C21H28O6. The highest BCUT2D eigenvalue weighted by Crippen LogP contribution is 2.47. The molecule has 2 fully saturated rings. The minimum atomic E-state index is -1.43. The number of hydrogen-bond donors (Lipinski definition) is 0. The van der Waals surface area contributed by atoms with Crippen molar-refractivity contribution in [2.45, 2.75) is 51.9 Å². The number of carbonyl (C=O) groups is 2. The van der Waals surface area contributed by atoms with Gasteiger partial charge in [0.1, 0.15) is 0 Å². The number of rotatable bonds is 7. The van der Waals surface area contributed by atoms with E-state index in [1.165, 1.54) is 0 Å². The summed E-state index contributed by atoms with van der Waals surface area (Å²) in [6.45, 7) is 4.45. The molecule has 1 aromatic rings. The van der Waals surface area contributed by atoms with Crippen LogP contribution in [0.15, 0.2) is 30.3 Å². The standard InChI is InChI=1S/C21H28O6/c1-3-24-19(22)21(20(23)25-4-2)14-16-12-13-26-18(16)27-17(21)11-10-15-8-6-5-7-9-15/h5-9,16-18H,3-4,10-14H2,1-2H3/t16-,17+,18+/m0/s1. The number of benzene rings is 1. The van der Waals surface area contributed by atoms with Gasteiger partial charge in [0.05, 0.1) is 25.9 Å². The van der Waals surface area contributed by atoms with Crippen LogP contribution in [0.2, 0.25) is 0 Å². The molecular weight excluding hydrogens is 348 g/mol. The lowest BCUT2D eigenvalue weighted by Crippen LogP contribution is -2.58. The first-order chi connectivity index (χ1) is 13.1. The summed E-state index contributed by atoms with van der Waals surface area (Å²) in [5.41, 5.74) is -0.312. The molecule has 27 heavy (non-hydrogen) atoms. The fourth-order valence-electron chi connectivity index (χ4n) is 4.07. The summed E-state index contributed by atoms with van der Waals surface area (Å²) in [6, 6.07) is 9.94. The van der Waals surface area contributed by atoms with Gasteiger partial charge < -0.3 is 18.9 Å². The molecule has 6 heteroatoms. The fourth-order valence-corrected chi connectivity index (χ4v) is 4.07. The van der Waals surface area contributed by atoms with E-state index in [0.717, 1.165) is 12.0 Å². The number of carbonyl (C=O) groups excluding carboxylic acids is 2. The van der Waals surface area contributed by atoms with Crippen LogP contribution in [0.3, 0.4) is 0 Å². The molecule has 0 amide bonds. The molecule has 2 heterocycles. The van der Waals surface area contributed by atoms with Gasteiger partial charge in [-0.3, -0.25) is 9.59 Å². The van der Waals surface area contributed by atoms with E-state index in [0.29, 0.717) is 25.9 Å². The molecule has 0 saturated carbocycles. The Labute approximate surface area is 160 Å². The molecule has 2 aliphatic heterocycles. The first-order valence-corrected chi connectivity index (χ1v) is 9.77. The fraction of sp³-hybridized carbons (Fsp3) is 0.619. The van der Waals surface area contributed by atoms with Crippen molar-refractivity contribution in [2.24, 2.45) is 11.3 Å². The topological polar surface area (TPSA) is 71.1 Å². The molecule has 3 atom stereocenters. The van der Waals surface area contributed by atoms with Crippen molar-refractivity contribution in [3.63, 3.8) is 0 Å². The Balaban J connectivity index is 1.90. The van der Waals surface area contributed by atoms with Gasteiger partial charge in [0.25, 0.3) is 0 Å².